The molecule has 12 heteroatoms. The van der Waals surface area contributed by atoms with E-state index in [-0.39, 0.29) is 59.1 Å². The molecule has 1 aliphatic heterocycles. The Kier molecular flexibility index (Phi) is 9.61. The number of rotatable bonds is 4. The van der Waals surface area contributed by atoms with Crippen molar-refractivity contribution in [3.05, 3.63) is 32.6 Å². The number of nitrogens with one attached hydrogen (secondary N) is 1. The van der Waals surface area contributed by atoms with Gasteiger partial charge in [0, 0.05) is 18.2 Å². The molecule has 1 saturated heterocycles. The SMILES string of the molecule is Cc1cn(C2CCC(OCP(=O)(O)O)O2)c(=O)[nH]c1=O.[NaH].[NaH]. The van der Waals surface area contributed by atoms with Gasteiger partial charge in [-0.05, 0) is 13.3 Å². The summed E-state index contributed by atoms with van der Waals surface area (Å²) in [6, 6.07) is 0. The van der Waals surface area contributed by atoms with Crippen LogP contribution in [0.5, 0.6) is 0 Å². The van der Waals surface area contributed by atoms with Gasteiger partial charge in [-0.1, -0.05) is 0 Å². The Balaban J connectivity index is 0.00000220. The van der Waals surface area contributed by atoms with Gasteiger partial charge >= 0.3 is 72.4 Å². The summed E-state index contributed by atoms with van der Waals surface area (Å²) in [5, 5.41) is 0. The van der Waals surface area contributed by atoms with E-state index in [1.807, 2.05) is 0 Å². The molecule has 0 amide bonds. The molecule has 0 spiro atoms. The number of hydrogen-bond donors (Lipinski definition) is 3. The summed E-state index contributed by atoms with van der Waals surface area (Å²) >= 11 is 0. The van der Waals surface area contributed by atoms with Gasteiger partial charge in [0.1, 0.15) is 6.23 Å². The topological polar surface area (TPSA) is 131 Å². The van der Waals surface area contributed by atoms with Gasteiger partial charge in [0.2, 0.25) is 0 Å². The zero-order valence-electron chi connectivity index (χ0n) is 10.7. The first-order valence-corrected chi connectivity index (χ1v) is 7.70. The van der Waals surface area contributed by atoms with Crippen LogP contribution in [-0.4, -0.2) is 91.1 Å². The van der Waals surface area contributed by atoms with Crippen LogP contribution in [0.2, 0.25) is 0 Å². The summed E-state index contributed by atoms with van der Waals surface area (Å²) in [6.07, 6.45) is 0.0831. The fraction of sp³-hybridized carbons (Fsp3) is 0.600. The first-order valence-electron chi connectivity index (χ1n) is 5.90. The van der Waals surface area contributed by atoms with Crippen LogP contribution >= 0.6 is 7.60 Å². The van der Waals surface area contributed by atoms with Gasteiger partial charge in [0.25, 0.3) is 5.56 Å². The van der Waals surface area contributed by atoms with Gasteiger partial charge in [-0.2, -0.15) is 0 Å². The summed E-state index contributed by atoms with van der Waals surface area (Å²) < 4.78 is 22.3. The predicted octanol–water partition coefficient (Wildman–Crippen LogP) is -1.67. The van der Waals surface area contributed by atoms with Crippen molar-refractivity contribution in [3.63, 3.8) is 0 Å². The second-order valence-corrected chi connectivity index (χ2v) is 6.12. The number of aryl methyl sites for hydroxylation is 1. The van der Waals surface area contributed by atoms with E-state index in [1.165, 1.54) is 10.8 Å². The van der Waals surface area contributed by atoms with Crippen LogP contribution < -0.4 is 11.2 Å². The van der Waals surface area contributed by atoms with Crippen LogP contribution in [0.1, 0.15) is 24.6 Å². The van der Waals surface area contributed by atoms with Gasteiger partial charge in [0.15, 0.2) is 12.6 Å². The minimum atomic E-state index is -4.25. The number of hydrogen-bond acceptors (Lipinski definition) is 5. The Morgan fingerprint density at radius 2 is 2.05 bits per heavy atom. The van der Waals surface area contributed by atoms with Gasteiger partial charge in [-0.3, -0.25) is 18.9 Å². The standard InChI is InChI=1S/C10H15N2O7P.2Na.2H/c1-6-4-12(10(14)11-9(6)13)7-2-3-8(19-7)18-5-20(15,16)17;;;;/h4,7-8H,2-3,5H2,1H3,(H,11,13,14)(H2,15,16,17);;;;. The molecule has 0 bridgehead atoms. The van der Waals surface area contributed by atoms with Gasteiger partial charge in [0.05, 0.1) is 0 Å². The third-order valence-electron chi connectivity index (χ3n) is 2.84. The fourth-order valence-electron chi connectivity index (χ4n) is 1.90. The molecular formula is C10H17N2Na2O7P. The van der Waals surface area contributed by atoms with Crippen LogP contribution in [0, 0.1) is 6.92 Å². The Morgan fingerprint density at radius 3 is 2.64 bits per heavy atom. The van der Waals surface area contributed by atoms with Crippen LogP contribution in [0.3, 0.4) is 0 Å². The molecular weight excluding hydrogens is 337 g/mol. The number of ether oxygens (including phenoxy) is 2. The van der Waals surface area contributed by atoms with E-state index in [4.69, 9.17) is 19.3 Å². The molecule has 1 aromatic heterocycles. The Labute approximate surface area is 170 Å². The van der Waals surface area contributed by atoms with Crippen molar-refractivity contribution in [2.75, 3.05) is 6.35 Å². The quantitative estimate of drug-likeness (QED) is 0.435. The number of aromatic nitrogens is 2. The molecule has 0 saturated carbocycles. The summed E-state index contributed by atoms with van der Waals surface area (Å²) in [6.45, 7) is 1.56. The third kappa shape index (κ3) is 6.33. The molecule has 0 aromatic carbocycles. The van der Waals surface area contributed by atoms with Crippen molar-refractivity contribution >= 4 is 66.7 Å². The van der Waals surface area contributed by atoms with Gasteiger partial charge in [-0.25, -0.2) is 4.79 Å². The zero-order valence-corrected chi connectivity index (χ0v) is 11.6. The van der Waals surface area contributed by atoms with Crippen molar-refractivity contribution in [1.82, 2.24) is 9.55 Å². The molecule has 1 aromatic rings. The summed E-state index contributed by atoms with van der Waals surface area (Å²) in [5.41, 5.74) is -0.687. The monoisotopic (exact) mass is 354 g/mol. The first-order chi connectivity index (χ1) is 9.26. The average Bonchev–Trinajstić information content (AvgIpc) is 2.79. The van der Waals surface area contributed by atoms with Crippen LogP contribution in [-0.2, 0) is 14.0 Å². The molecule has 2 heterocycles. The summed E-state index contributed by atoms with van der Waals surface area (Å²) in [7, 11) is -4.25. The Morgan fingerprint density at radius 1 is 1.41 bits per heavy atom. The van der Waals surface area contributed by atoms with Gasteiger partial charge < -0.3 is 19.3 Å². The first kappa shape index (κ1) is 22.8. The van der Waals surface area contributed by atoms with Crippen LogP contribution in [0.4, 0.5) is 0 Å². The van der Waals surface area contributed by atoms with Crippen molar-refractivity contribution in [1.29, 1.82) is 0 Å². The van der Waals surface area contributed by atoms with E-state index >= 15 is 0 Å². The van der Waals surface area contributed by atoms with Crippen LogP contribution in [0.25, 0.3) is 0 Å². The Hall–Kier alpha value is 0.750. The van der Waals surface area contributed by atoms with E-state index < -0.39 is 37.7 Å². The van der Waals surface area contributed by atoms with E-state index in [9.17, 15) is 14.2 Å². The molecule has 1 fully saturated rings. The molecule has 9 nitrogen and oxygen atoms in total. The molecule has 0 aliphatic carbocycles. The molecule has 22 heavy (non-hydrogen) atoms. The fourth-order valence-corrected chi connectivity index (χ4v) is 2.26. The molecule has 1 aliphatic rings. The maximum absolute atomic E-state index is 11.7. The van der Waals surface area contributed by atoms with Crippen molar-refractivity contribution in [3.8, 4) is 0 Å². The summed E-state index contributed by atoms with van der Waals surface area (Å²) in [4.78, 5) is 42.5. The molecule has 2 atom stereocenters. The number of H-pyrrole nitrogens is 1. The van der Waals surface area contributed by atoms with Crippen molar-refractivity contribution in [2.45, 2.75) is 32.3 Å². The molecule has 3 N–H and O–H groups in total. The van der Waals surface area contributed by atoms with Crippen molar-refractivity contribution in [2.24, 2.45) is 0 Å². The molecule has 0 radical (unpaired) electrons. The zero-order chi connectivity index (χ0) is 14.9. The number of aromatic amines is 1. The van der Waals surface area contributed by atoms with E-state index in [2.05, 4.69) is 4.98 Å². The maximum atomic E-state index is 11.7. The average molecular weight is 354 g/mol. The molecule has 116 valence electrons. The minimum absolute atomic E-state index is 0. The van der Waals surface area contributed by atoms with E-state index in [0.717, 1.165) is 0 Å². The normalized spacial score (nSPS) is 21.0. The third-order valence-corrected chi connectivity index (χ3v) is 3.33. The second kappa shape index (κ2) is 9.29. The second-order valence-electron chi connectivity index (χ2n) is 4.54. The molecule has 2 unspecified atom stereocenters. The summed E-state index contributed by atoms with van der Waals surface area (Å²) in [5.74, 6) is 0. The van der Waals surface area contributed by atoms with Gasteiger partial charge in [-0.15, -0.1) is 0 Å². The predicted molar refractivity (Wildman–Crippen MR) is 81.5 cm³/mol. The Bertz CT molecular complexity index is 655. The van der Waals surface area contributed by atoms with E-state index in [0.29, 0.717) is 18.4 Å². The van der Waals surface area contributed by atoms with E-state index in [1.54, 1.807) is 6.92 Å². The van der Waals surface area contributed by atoms with Crippen molar-refractivity contribution < 1.29 is 23.8 Å². The molecule has 2 rings (SSSR count). The number of nitrogens with zero attached hydrogens (tertiary/aromatic N) is 1. The van der Waals surface area contributed by atoms with Crippen LogP contribution in [0.15, 0.2) is 15.8 Å².